The number of para-hydroxylation sites is 2. The van der Waals surface area contributed by atoms with Gasteiger partial charge in [0, 0.05) is 38.4 Å². The van der Waals surface area contributed by atoms with Crippen LogP contribution in [-0.2, 0) is 5.41 Å². The number of rotatable bonds is 6. The molecule has 0 saturated heterocycles. The van der Waals surface area contributed by atoms with Crippen LogP contribution in [0.2, 0.25) is 0 Å². The topological polar surface area (TPSA) is 38.9 Å². The van der Waals surface area contributed by atoms with E-state index in [9.17, 15) is 0 Å². The molecule has 3 nitrogen and oxygen atoms in total. The van der Waals surface area contributed by atoms with Gasteiger partial charge in [0.15, 0.2) is 5.82 Å². The smallest absolute Gasteiger partial charge is 0.160 e. The Hall–Kier alpha value is -7.88. The molecule has 0 unspecified atom stereocenters. The van der Waals surface area contributed by atoms with Crippen LogP contribution in [0.25, 0.3) is 111 Å². The lowest BCUT2D eigenvalue weighted by atomic mass is 9.82. The number of benzene rings is 9. The summed E-state index contributed by atoms with van der Waals surface area (Å²) in [5, 5.41) is 4.62. The zero-order valence-electron chi connectivity index (χ0n) is 34.4. The minimum atomic E-state index is -0.0401. The van der Waals surface area contributed by atoms with Crippen molar-refractivity contribution in [1.82, 2.24) is 9.97 Å². The Bertz CT molecular complexity index is 3560. The lowest BCUT2D eigenvalue weighted by Crippen LogP contribution is -2.14. The van der Waals surface area contributed by atoms with E-state index in [0.29, 0.717) is 5.82 Å². The van der Waals surface area contributed by atoms with Crippen LogP contribution in [0.4, 0.5) is 0 Å². The average molecular weight is 793 g/mol. The van der Waals surface area contributed by atoms with Gasteiger partial charge in [0.05, 0.1) is 11.4 Å². The molecule has 2 aromatic heterocycles. The van der Waals surface area contributed by atoms with Gasteiger partial charge in [0.25, 0.3) is 0 Å². The summed E-state index contributed by atoms with van der Waals surface area (Å²) in [6.45, 7) is 4.66. The molecule has 0 saturated carbocycles. The first kappa shape index (κ1) is 36.0. The summed E-state index contributed by atoms with van der Waals surface area (Å²) >= 11 is 0. The fourth-order valence-electron chi connectivity index (χ4n) is 9.66. The first-order valence-electron chi connectivity index (χ1n) is 21.3. The molecule has 0 spiro atoms. The Kier molecular flexibility index (Phi) is 8.20. The number of nitrogens with zero attached hydrogens (tertiary/aromatic N) is 2. The molecule has 0 atom stereocenters. The molecule has 9 aromatic carbocycles. The molecule has 0 N–H and O–H groups in total. The van der Waals surface area contributed by atoms with Crippen molar-refractivity contribution in [2.24, 2.45) is 0 Å². The van der Waals surface area contributed by atoms with Crippen molar-refractivity contribution in [3.05, 3.63) is 217 Å². The fraction of sp³-hybridized carbons (Fsp3) is 0.0508. The van der Waals surface area contributed by atoms with Crippen molar-refractivity contribution in [3.8, 4) is 78.4 Å². The molecule has 0 bridgehead atoms. The Morgan fingerprint density at radius 3 is 1.85 bits per heavy atom. The Labute approximate surface area is 360 Å². The number of hydrogen-bond donors (Lipinski definition) is 0. The molecule has 1 aliphatic carbocycles. The number of fused-ring (bicyclic) bond motifs is 7. The minimum absolute atomic E-state index is 0.0401. The second-order valence-corrected chi connectivity index (χ2v) is 17.0. The van der Waals surface area contributed by atoms with Crippen molar-refractivity contribution in [3.63, 3.8) is 0 Å². The van der Waals surface area contributed by atoms with Crippen LogP contribution < -0.4 is 0 Å². The van der Waals surface area contributed by atoms with Crippen LogP contribution in [0.3, 0.4) is 0 Å². The number of furan rings is 1. The van der Waals surface area contributed by atoms with Crippen molar-refractivity contribution >= 4 is 32.7 Å². The molecule has 0 fully saturated rings. The van der Waals surface area contributed by atoms with E-state index in [1.165, 1.54) is 38.6 Å². The first-order chi connectivity index (χ1) is 30.4. The zero-order valence-corrected chi connectivity index (χ0v) is 34.4. The number of hydrogen-bond acceptors (Lipinski definition) is 3. The quantitative estimate of drug-likeness (QED) is 0.168. The Morgan fingerprint density at radius 1 is 0.355 bits per heavy atom. The highest BCUT2D eigenvalue weighted by Crippen LogP contribution is 2.49. The summed E-state index contributed by atoms with van der Waals surface area (Å²) in [6, 6.07) is 73.8. The number of aromatic nitrogens is 2. The molecular formula is C59H40N2O. The van der Waals surface area contributed by atoms with Gasteiger partial charge in [0.2, 0.25) is 0 Å². The van der Waals surface area contributed by atoms with E-state index in [1.54, 1.807) is 0 Å². The molecule has 3 heteroatoms. The SMILES string of the molecule is CC1(C)c2ccccc2-c2cc(-c3cccc(-c4cc(-c5cc(-c6ccc7ccccc7c6)cc(-c6cccc7c6oc6ccccc67)c5)nc(-c5ccccc5)n4)c3)ccc21. The van der Waals surface area contributed by atoms with E-state index < -0.39 is 0 Å². The second-order valence-electron chi connectivity index (χ2n) is 17.0. The van der Waals surface area contributed by atoms with E-state index in [-0.39, 0.29) is 5.41 Å². The van der Waals surface area contributed by atoms with E-state index in [0.717, 1.165) is 77.8 Å². The van der Waals surface area contributed by atoms with Crippen LogP contribution in [0.1, 0.15) is 25.0 Å². The minimum Gasteiger partial charge on any atom is -0.455 e. The molecule has 1 aliphatic rings. The highest BCUT2D eigenvalue weighted by atomic mass is 16.3. The maximum atomic E-state index is 6.61. The predicted octanol–water partition coefficient (Wildman–Crippen LogP) is 15.8. The van der Waals surface area contributed by atoms with Crippen molar-refractivity contribution in [2.45, 2.75) is 19.3 Å². The maximum absolute atomic E-state index is 6.61. The monoisotopic (exact) mass is 792 g/mol. The standard InChI is InChI=1S/C59H40N2O/c1-59(2)52-24-10-8-20-48(52)51-35-42(28-29-53(51)59)40-18-12-19-43(31-40)54-36-55(61-58(60-54)38-15-4-3-5-16-38)46-33-44(41-27-26-37-14-6-7-17-39(37)30-41)32-45(34-46)47-22-13-23-50-49-21-9-11-25-56(49)62-57(47)50/h3-36H,1-2H3. The van der Waals surface area contributed by atoms with Gasteiger partial charge in [-0.3, -0.25) is 0 Å². The maximum Gasteiger partial charge on any atom is 0.160 e. The first-order valence-corrected chi connectivity index (χ1v) is 21.3. The summed E-state index contributed by atoms with van der Waals surface area (Å²) < 4.78 is 6.61. The molecule has 0 aliphatic heterocycles. The third-order valence-corrected chi connectivity index (χ3v) is 12.9. The lowest BCUT2D eigenvalue weighted by molar-refractivity contribution is 0.660. The van der Waals surface area contributed by atoms with Crippen LogP contribution in [0, 0.1) is 0 Å². The van der Waals surface area contributed by atoms with Crippen LogP contribution in [0.5, 0.6) is 0 Å². The average Bonchev–Trinajstić information content (AvgIpc) is 3.83. The van der Waals surface area contributed by atoms with Gasteiger partial charge in [-0.1, -0.05) is 172 Å². The third kappa shape index (κ3) is 5.96. The lowest BCUT2D eigenvalue weighted by Gasteiger charge is -2.21. The molecule has 2 heterocycles. The van der Waals surface area contributed by atoms with Crippen LogP contribution >= 0.6 is 0 Å². The van der Waals surface area contributed by atoms with Gasteiger partial charge in [0.1, 0.15) is 11.2 Å². The van der Waals surface area contributed by atoms with E-state index in [4.69, 9.17) is 14.4 Å². The fourth-order valence-corrected chi connectivity index (χ4v) is 9.66. The molecule has 11 aromatic rings. The molecule has 0 radical (unpaired) electrons. The summed E-state index contributed by atoms with van der Waals surface area (Å²) in [5.41, 5.74) is 18.4. The van der Waals surface area contributed by atoms with Gasteiger partial charge in [-0.2, -0.15) is 0 Å². The van der Waals surface area contributed by atoms with Gasteiger partial charge in [-0.25, -0.2) is 9.97 Å². The van der Waals surface area contributed by atoms with Gasteiger partial charge >= 0.3 is 0 Å². The highest BCUT2D eigenvalue weighted by Gasteiger charge is 2.35. The van der Waals surface area contributed by atoms with Crippen molar-refractivity contribution in [1.29, 1.82) is 0 Å². The van der Waals surface area contributed by atoms with E-state index >= 15 is 0 Å². The highest BCUT2D eigenvalue weighted by molar-refractivity contribution is 6.10. The molecule has 12 rings (SSSR count). The third-order valence-electron chi connectivity index (χ3n) is 12.9. The van der Waals surface area contributed by atoms with Crippen molar-refractivity contribution in [2.75, 3.05) is 0 Å². The predicted molar refractivity (Wildman–Crippen MR) is 257 cm³/mol. The van der Waals surface area contributed by atoms with Crippen molar-refractivity contribution < 1.29 is 4.42 Å². The van der Waals surface area contributed by atoms with Gasteiger partial charge in [-0.15, -0.1) is 0 Å². The van der Waals surface area contributed by atoms with E-state index in [1.807, 2.05) is 30.3 Å². The van der Waals surface area contributed by atoms with Gasteiger partial charge < -0.3 is 4.42 Å². The Morgan fingerprint density at radius 2 is 0.952 bits per heavy atom. The zero-order chi connectivity index (χ0) is 41.4. The van der Waals surface area contributed by atoms with E-state index in [2.05, 4.69) is 190 Å². The normalized spacial score (nSPS) is 12.8. The summed E-state index contributed by atoms with van der Waals surface area (Å²) in [5.74, 6) is 0.678. The Balaban J connectivity index is 1.04. The van der Waals surface area contributed by atoms with Crippen LogP contribution in [0.15, 0.2) is 211 Å². The van der Waals surface area contributed by atoms with Gasteiger partial charge in [-0.05, 0) is 109 Å². The molecule has 62 heavy (non-hydrogen) atoms. The largest absolute Gasteiger partial charge is 0.455 e. The molecular weight excluding hydrogens is 753 g/mol. The molecule has 0 amide bonds. The summed E-state index contributed by atoms with van der Waals surface area (Å²) in [7, 11) is 0. The van der Waals surface area contributed by atoms with Crippen LogP contribution in [-0.4, -0.2) is 9.97 Å². The summed E-state index contributed by atoms with van der Waals surface area (Å²) in [4.78, 5) is 10.6. The summed E-state index contributed by atoms with van der Waals surface area (Å²) in [6.07, 6.45) is 0. The second kappa shape index (κ2) is 14.1. The molecule has 292 valence electrons.